The summed E-state index contributed by atoms with van der Waals surface area (Å²) in [5, 5.41) is 11.2. The minimum Gasteiger partial charge on any atom is -0.381 e. The highest BCUT2D eigenvalue weighted by atomic mass is 32.1. The summed E-state index contributed by atoms with van der Waals surface area (Å²) >= 11 is 1.54. The molecule has 282 valence electrons. The SMILES string of the molecule is C[C@@H]1CNc2c(sc3ccc4nc(N5CCCN(CCC6CCN(c7ccc8c(c7)n(C)c(=O)n8C7CCC(=O)NC7=O)CC6)CC5)ccc4c23)C(=O)N1. The lowest BCUT2D eigenvalue weighted by molar-refractivity contribution is -0.135. The van der Waals surface area contributed by atoms with Gasteiger partial charge in [0, 0.05) is 79.9 Å². The Morgan fingerprint density at radius 3 is 2.57 bits per heavy atom. The van der Waals surface area contributed by atoms with Crippen molar-refractivity contribution in [2.75, 3.05) is 67.5 Å². The number of imide groups is 1. The zero-order valence-electron chi connectivity index (χ0n) is 30.9. The Kier molecular flexibility index (Phi) is 9.04. The number of nitrogens with zero attached hydrogens (tertiary/aromatic N) is 6. The van der Waals surface area contributed by atoms with Gasteiger partial charge in [-0.25, -0.2) is 9.78 Å². The second-order valence-corrected chi connectivity index (χ2v) is 16.5. The van der Waals surface area contributed by atoms with Crippen LogP contribution in [0.4, 0.5) is 17.2 Å². The summed E-state index contributed by atoms with van der Waals surface area (Å²) in [6.45, 7) is 9.81. The van der Waals surface area contributed by atoms with Gasteiger partial charge in [-0.05, 0) is 100 Å². The van der Waals surface area contributed by atoms with Crippen LogP contribution < -0.4 is 31.4 Å². The third kappa shape index (κ3) is 6.28. The molecule has 5 aromatic rings. The molecule has 0 saturated carbocycles. The van der Waals surface area contributed by atoms with Crippen LogP contribution in [0, 0.1) is 5.92 Å². The standard InChI is InChI=1S/C40H47N9O4S/c1-24-23-41-36-35-27-5-10-33(43-28(27)6-9-32(35)54-37(36)39(52)42-24)48-16-3-15-46(20-21-48)17-12-25-13-18-47(19-14-25)26-4-7-29-31(22-26)45(2)40(53)49(29)30-8-11-34(50)44-38(30)51/h4-7,9-10,22,24-25,30,41H,3,8,11-21,23H2,1-2H3,(H,42,52)(H,44,50,51)/t24-,30?/m1/s1. The van der Waals surface area contributed by atoms with E-state index < -0.39 is 11.9 Å². The van der Waals surface area contributed by atoms with Gasteiger partial charge in [-0.15, -0.1) is 11.3 Å². The zero-order valence-corrected chi connectivity index (χ0v) is 31.7. The Morgan fingerprint density at radius 2 is 1.74 bits per heavy atom. The van der Waals surface area contributed by atoms with Crippen molar-refractivity contribution < 1.29 is 14.4 Å². The molecular weight excluding hydrogens is 703 g/mol. The van der Waals surface area contributed by atoms with Crippen LogP contribution in [0.5, 0.6) is 0 Å². The number of anilines is 3. The van der Waals surface area contributed by atoms with E-state index >= 15 is 0 Å². The summed E-state index contributed by atoms with van der Waals surface area (Å²) in [5.74, 6) is 0.988. The number of piperidine rings is 2. The van der Waals surface area contributed by atoms with Crippen molar-refractivity contribution in [1.29, 1.82) is 0 Å². The monoisotopic (exact) mass is 749 g/mol. The predicted octanol–water partition coefficient (Wildman–Crippen LogP) is 4.44. The van der Waals surface area contributed by atoms with E-state index in [2.05, 4.69) is 67.0 Å². The van der Waals surface area contributed by atoms with Crippen LogP contribution in [0.2, 0.25) is 0 Å². The zero-order chi connectivity index (χ0) is 37.1. The fraction of sp³-hybridized carbons (Fsp3) is 0.475. The molecule has 3 fully saturated rings. The minimum absolute atomic E-state index is 0.00775. The van der Waals surface area contributed by atoms with Crippen LogP contribution >= 0.6 is 11.3 Å². The summed E-state index contributed by atoms with van der Waals surface area (Å²) in [6, 6.07) is 14.0. The number of aryl methyl sites for hydroxylation is 1. The number of pyridine rings is 1. The van der Waals surface area contributed by atoms with Crippen molar-refractivity contribution >= 4 is 78.3 Å². The van der Waals surface area contributed by atoms with Crippen LogP contribution in [0.1, 0.15) is 61.2 Å². The molecule has 1 unspecified atom stereocenters. The molecule has 14 heteroatoms. The van der Waals surface area contributed by atoms with Crippen LogP contribution in [-0.4, -0.2) is 95.1 Å². The molecule has 0 bridgehead atoms. The number of nitrogens with one attached hydrogen (secondary N) is 3. The second kappa shape index (κ2) is 14.0. The number of rotatable bonds is 6. The first-order chi connectivity index (χ1) is 26.2. The number of aromatic nitrogens is 3. The quantitative estimate of drug-likeness (QED) is 0.215. The fourth-order valence-corrected chi connectivity index (χ4v) is 10.0. The lowest BCUT2D eigenvalue weighted by atomic mass is 9.93. The number of thiophene rings is 1. The molecule has 4 aliphatic heterocycles. The third-order valence-corrected chi connectivity index (χ3v) is 13.2. The molecule has 3 aromatic heterocycles. The smallest absolute Gasteiger partial charge is 0.329 e. The fourth-order valence-electron chi connectivity index (χ4n) is 8.94. The van der Waals surface area contributed by atoms with Gasteiger partial charge in [-0.2, -0.15) is 0 Å². The highest BCUT2D eigenvalue weighted by Gasteiger charge is 2.32. The lowest BCUT2D eigenvalue weighted by Crippen LogP contribution is -2.44. The first kappa shape index (κ1) is 34.8. The van der Waals surface area contributed by atoms with E-state index in [9.17, 15) is 19.2 Å². The summed E-state index contributed by atoms with van der Waals surface area (Å²) in [7, 11) is 1.75. The summed E-state index contributed by atoms with van der Waals surface area (Å²) in [6.07, 6.45) is 5.12. The number of amides is 3. The molecule has 0 spiro atoms. The van der Waals surface area contributed by atoms with Crippen molar-refractivity contribution in [2.24, 2.45) is 13.0 Å². The Morgan fingerprint density at radius 1 is 0.889 bits per heavy atom. The van der Waals surface area contributed by atoms with Gasteiger partial charge in [0.05, 0.1) is 22.2 Å². The Balaban J connectivity index is 0.803. The van der Waals surface area contributed by atoms with Crippen molar-refractivity contribution in [3.8, 4) is 0 Å². The Labute approximate surface area is 317 Å². The van der Waals surface area contributed by atoms with Gasteiger partial charge in [-0.1, -0.05) is 0 Å². The third-order valence-electron chi connectivity index (χ3n) is 12.0. The molecule has 0 radical (unpaired) electrons. The number of carbonyl (C=O) groups excluding carboxylic acids is 3. The molecule has 3 amide bonds. The van der Waals surface area contributed by atoms with Gasteiger partial charge < -0.3 is 25.3 Å². The summed E-state index contributed by atoms with van der Waals surface area (Å²) in [4.78, 5) is 63.7. The highest BCUT2D eigenvalue weighted by molar-refractivity contribution is 7.21. The maximum Gasteiger partial charge on any atom is 0.329 e. The molecule has 7 heterocycles. The van der Waals surface area contributed by atoms with Crippen molar-refractivity contribution in [3.63, 3.8) is 0 Å². The molecule has 3 saturated heterocycles. The van der Waals surface area contributed by atoms with E-state index in [-0.39, 0.29) is 30.0 Å². The summed E-state index contributed by atoms with van der Waals surface area (Å²) < 4.78 is 4.26. The predicted molar refractivity (Wildman–Crippen MR) is 214 cm³/mol. The number of carbonyl (C=O) groups is 3. The van der Waals surface area contributed by atoms with E-state index in [1.54, 1.807) is 27.5 Å². The van der Waals surface area contributed by atoms with E-state index in [1.165, 1.54) is 6.42 Å². The van der Waals surface area contributed by atoms with Gasteiger partial charge in [0.1, 0.15) is 16.7 Å². The van der Waals surface area contributed by atoms with Gasteiger partial charge in [0.25, 0.3) is 5.91 Å². The molecule has 2 aromatic carbocycles. The topological polar surface area (TPSA) is 137 Å². The minimum atomic E-state index is -0.675. The molecule has 54 heavy (non-hydrogen) atoms. The lowest BCUT2D eigenvalue weighted by Gasteiger charge is -2.34. The molecule has 4 aliphatic rings. The maximum absolute atomic E-state index is 13.2. The van der Waals surface area contributed by atoms with Crippen LogP contribution in [-0.2, 0) is 16.6 Å². The number of imidazole rings is 1. The second-order valence-electron chi connectivity index (χ2n) is 15.5. The van der Waals surface area contributed by atoms with Gasteiger partial charge in [0.2, 0.25) is 11.8 Å². The largest absolute Gasteiger partial charge is 0.381 e. The average Bonchev–Trinajstić information content (AvgIpc) is 3.48. The molecule has 3 N–H and O–H groups in total. The van der Waals surface area contributed by atoms with Gasteiger partial charge in [-0.3, -0.25) is 28.8 Å². The van der Waals surface area contributed by atoms with E-state index in [4.69, 9.17) is 4.98 Å². The van der Waals surface area contributed by atoms with E-state index in [0.29, 0.717) is 18.9 Å². The first-order valence-electron chi connectivity index (χ1n) is 19.4. The van der Waals surface area contributed by atoms with Gasteiger partial charge >= 0.3 is 5.69 Å². The molecular formula is C40H47N9O4S. The van der Waals surface area contributed by atoms with Gasteiger partial charge in [0.15, 0.2) is 0 Å². The van der Waals surface area contributed by atoms with Crippen LogP contribution in [0.15, 0.2) is 47.3 Å². The number of benzene rings is 2. The number of hydrogen-bond donors (Lipinski definition) is 3. The van der Waals surface area contributed by atoms with Crippen LogP contribution in [0.3, 0.4) is 0 Å². The van der Waals surface area contributed by atoms with Crippen molar-refractivity contribution in [1.82, 2.24) is 29.7 Å². The Hall–Kier alpha value is -4.95. The molecule has 0 aliphatic carbocycles. The molecule has 2 atom stereocenters. The van der Waals surface area contributed by atoms with E-state index in [0.717, 1.165) is 119 Å². The highest BCUT2D eigenvalue weighted by Crippen LogP contribution is 2.41. The van der Waals surface area contributed by atoms with Crippen LogP contribution in [0.25, 0.3) is 32.0 Å². The number of hydrogen-bond acceptors (Lipinski definition) is 10. The maximum atomic E-state index is 13.2. The van der Waals surface area contributed by atoms with Crippen molar-refractivity contribution in [3.05, 3.63) is 57.8 Å². The molecule has 9 rings (SSSR count). The first-order valence-corrected chi connectivity index (χ1v) is 20.2. The molecule has 13 nitrogen and oxygen atoms in total. The normalized spacial score (nSPS) is 21.9. The van der Waals surface area contributed by atoms with Crippen molar-refractivity contribution in [2.45, 2.75) is 57.5 Å². The average molecular weight is 750 g/mol. The Bertz CT molecular complexity index is 2360. The number of fused-ring (bicyclic) bond motifs is 6. The van der Waals surface area contributed by atoms with E-state index in [1.807, 2.05) is 13.0 Å². The summed E-state index contributed by atoms with van der Waals surface area (Å²) in [5.41, 5.74) is 4.28.